The van der Waals surface area contributed by atoms with Crippen molar-refractivity contribution in [2.75, 3.05) is 19.7 Å². The number of aliphatic imine (C=N–C) groups is 1. The molecule has 0 aliphatic heterocycles. The summed E-state index contributed by atoms with van der Waals surface area (Å²) in [7, 11) is 2.03. The van der Waals surface area contributed by atoms with Crippen molar-refractivity contribution in [3.8, 4) is 0 Å². The number of hydrogen-bond donors (Lipinski definition) is 2. The van der Waals surface area contributed by atoms with Crippen LogP contribution in [0.5, 0.6) is 0 Å². The molecule has 1 aromatic heterocycles. The molecular weight excluding hydrogens is 463 g/mol. The first kappa shape index (κ1) is 22.7. The second-order valence-electron chi connectivity index (χ2n) is 7.11. The molecule has 0 bridgehead atoms. The first-order valence-corrected chi connectivity index (χ1v) is 10.1. The number of nitrogens with zero attached hydrogens (tertiary/aromatic N) is 2. The number of halogens is 1. The minimum absolute atomic E-state index is 0. The first-order chi connectivity index (χ1) is 13.3. The Morgan fingerprint density at radius 2 is 2.11 bits per heavy atom. The largest absolute Gasteiger partial charge is 0.373 e. The van der Waals surface area contributed by atoms with Crippen molar-refractivity contribution in [3.63, 3.8) is 0 Å². The third-order valence-corrected chi connectivity index (χ3v) is 4.90. The zero-order chi connectivity index (χ0) is 18.9. The van der Waals surface area contributed by atoms with E-state index in [1.807, 2.05) is 17.8 Å². The highest BCUT2D eigenvalue weighted by Gasteiger charge is 2.19. The van der Waals surface area contributed by atoms with Crippen LogP contribution in [0.2, 0.25) is 0 Å². The Labute approximate surface area is 186 Å². The second-order valence-corrected chi connectivity index (χ2v) is 7.11. The Kier molecular flexibility index (Phi) is 9.84. The molecule has 154 valence electrons. The van der Waals surface area contributed by atoms with E-state index in [-0.39, 0.29) is 30.1 Å². The fraction of sp³-hybridized carbons (Fsp3) is 0.500. The van der Waals surface area contributed by atoms with Crippen LogP contribution in [0.4, 0.5) is 0 Å². The maximum atomic E-state index is 6.18. The molecule has 3 rings (SSSR count). The van der Waals surface area contributed by atoms with E-state index in [2.05, 4.69) is 59.1 Å². The van der Waals surface area contributed by atoms with Crippen LogP contribution >= 0.6 is 24.0 Å². The molecule has 1 aliphatic carbocycles. The molecule has 2 N–H and O–H groups in total. The van der Waals surface area contributed by atoms with Gasteiger partial charge in [-0.2, -0.15) is 0 Å². The van der Waals surface area contributed by atoms with Crippen LogP contribution in [-0.2, 0) is 24.8 Å². The van der Waals surface area contributed by atoms with Crippen molar-refractivity contribution in [1.82, 2.24) is 15.2 Å². The maximum absolute atomic E-state index is 6.18. The summed E-state index contributed by atoms with van der Waals surface area (Å²) >= 11 is 0. The van der Waals surface area contributed by atoms with Crippen LogP contribution in [0, 0.1) is 0 Å². The molecule has 6 heteroatoms. The van der Waals surface area contributed by atoms with Crippen LogP contribution in [0.25, 0.3) is 0 Å². The molecule has 28 heavy (non-hydrogen) atoms. The Balaban J connectivity index is 0.00000280. The molecule has 1 heterocycles. The molecule has 1 atom stereocenters. The Morgan fingerprint density at radius 1 is 1.25 bits per heavy atom. The molecule has 5 nitrogen and oxygen atoms in total. The van der Waals surface area contributed by atoms with E-state index in [4.69, 9.17) is 4.74 Å². The van der Waals surface area contributed by atoms with Crippen LogP contribution < -0.4 is 10.6 Å². The van der Waals surface area contributed by atoms with Crippen LogP contribution in [0.1, 0.15) is 49.0 Å². The molecule has 1 aromatic carbocycles. The molecule has 0 spiro atoms. The summed E-state index contributed by atoms with van der Waals surface area (Å²) in [5, 5.41) is 6.71. The molecule has 0 fully saturated rings. The van der Waals surface area contributed by atoms with Gasteiger partial charge in [-0.1, -0.05) is 24.3 Å². The van der Waals surface area contributed by atoms with Crippen LogP contribution in [0.3, 0.4) is 0 Å². The molecule has 0 radical (unpaired) electrons. The summed E-state index contributed by atoms with van der Waals surface area (Å²) in [5.74, 6) is 0.865. The van der Waals surface area contributed by atoms with Gasteiger partial charge in [-0.25, -0.2) is 4.99 Å². The maximum Gasteiger partial charge on any atom is 0.191 e. The molecule has 0 amide bonds. The topological polar surface area (TPSA) is 50.6 Å². The van der Waals surface area contributed by atoms with Gasteiger partial charge in [-0.15, -0.1) is 24.0 Å². The number of aryl methyl sites for hydroxylation is 2. The lowest BCUT2D eigenvalue weighted by Gasteiger charge is -2.25. The standard InChI is InChI=1S/C22H32N4O.HI/c1-3-23-22(25-16-18-12-14-26(2)17-18)24-13-7-15-27-21-11-6-9-19-8-4-5-10-20(19)21;/h4-5,8,10,12,14,17,21H,3,6-7,9,11,13,15-16H2,1-2H3,(H2,23,24,25);1H. The Morgan fingerprint density at radius 3 is 2.89 bits per heavy atom. The lowest BCUT2D eigenvalue weighted by atomic mass is 9.89. The van der Waals surface area contributed by atoms with Gasteiger partial charge in [0.15, 0.2) is 5.96 Å². The van der Waals surface area contributed by atoms with Crippen molar-refractivity contribution in [2.45, 2.75) is 45.3 Å². The van der Waals surface area contributed by atoms with Gasteiger partial charge in [0.25, 0.3) is 0 Å². The van der Waals surface area contributed by atoms with Gasteiger partial charge in [-0.3, -0.25) is 0 Å². The third kappa shape index (κ3) is 6.81. The normalized spacial score (nSPS) is 16.2. The minimum atomic E-state index is 0. The van der Waals surface area contributed by atoms with Gasteiger partial charge in [0, 0.05) is 39.1 Å². The predicted molar refractivity (Wildman–Crippen MR) is 126 cm³/mol. The van der Waals surface area contributed by atoms with E-state index < -0.39 is 0 Å². The lowest BCUT2D eigenvalue weighted by molar-refractivity contribution is 0.0398. The highest BCUT2D eigenvalue weighted by atomic mass is 127. The molecule has 0 saturated heterocycles. The molecule has 1 aliphatic rings. The Bertz CT molecular complexity index is 744. The average Bonchev–Trinajstić information content (AvgIpc) is 3.11. The number of aromatic nitrogens is 1. The van der Waals surface area contributed by atoms with Crippen molar-refractivity contribution >= 4 is 29.9 Å². The van der Waals surface area contributed by atoms with E-state index >= 15 is 0 Å². The number of benzene rings is 1. The monoisotopic (exact) mass is 496 g/mol. The van der Waals surface area contributed by atoms with Crippen molar-refractivity contribution in [3.05, 3.63) is 59.4 Å². The van der Waals surface area contributed by atoms with Gasteiger partial charge in [0.2, 0.25) is 0 Å². The smallest absolute Gasteiger partial charge is 0.191 e. The number of fused-ring (bicyclic) bond motifs is 1. The highest BCUT2D eigenvalue weighted by molar-refractivity contribution is 14.0. The van der Waals surface area contributed by atoms with Crippen molar-refractivity contribution < 1.29 is 4.74 Å². The number of ether oxygens (including phenoxy) is 1. The van der Waals surface area contributed by atoms with Gasteiger partial charge in [-0.05, 0) is 55.4 Å². The fourth-order valence-electron chi connectivity index (χ4n) is 3.55. The van der Waals surface area contributed by atoms with E-state index in [0.717, 1.165) is 38.5 Å². The average molecular weight is 496 g/mol. The van der Waals surface area contributed by atoms with Crippen molar-refractivity contribution in [1.29, 1.82) is 0 Å². The molecule has 2 aromatic rings. The quantitative estimate of drug-likeness (QED) is 0.250. The molecular formula is C22H33IN4O. The molecule has 0 saturated carbocycles. The predicted octanol–water partition coefficient (Wildman–Crippen LogP) is 4.18. The SMILES string of the molecule is CCNC(=NCc1ccn(C)c1)NCCCOC1CCCc2ccccc21.I. The summed E-state index contributed by atoms with van der Waals surface area (Å²) in [6.45, 7) is 5.25. The van der Waals surface area contributed by atoms with Gasteiger partial charge < -0.3 is 19.9 Å². The van der Waals surface area contributed by atoms with Crippen LogP contribution in [-0.4, -0.2) is 30.2 Å². The zero-order valence-electron chi connectivity index (χ0n) is 17.0. The van der Waals surface area contributed by atoms with Gasteiger partial charge >= 0.3 is 0 Å². The first-order valence-electron chi connectivity index (χ1n) is 10.1. The summed E-state index contributed by atoms with van der Waals surface area (Å²) in [4.78, 5) is 4.65. The van der Waals surface area contributed by atoms with Gasteiger partial charge in [0.05, 0.1) is 12.6 Å². The van der Waals surface area contributed by atoms with Crippen LogP contribution in [0.15, 0.2) is 47.7 Å². The summed E-state index contributed by atoms with van der Waals surface area (Å²) in [5.41, 5.74) is 4.05. The van der Waals surface area contributed by atoms with Gasteiger partial charge in [0.1, 0.15) is 0 Å². The lowest BCUT2D eigenvalue weighted by Crippen LogP contribution is -2.38. The van der Waals surface area contributed by atoms with E-state index in [9.17, 15) is 0 Å². The van der Waals surface area contributed by atoms with E-state index in [0.29, 0.717) is 6.54 Å². The number of nitrogens with one attached hydrogen (secondary N) is 2. The molecule has 1 unspecified atom stereocenters. The number of hydrogen-bond acceptors (Lipinski definition) is 2. The third-order valence-electron chi connectivity index (χ3n) is 4.90. The highest BCUT2D eigenvalue weighted by Crippen LogP contribution is 2.32. The second kappa shape index (κ2) is 12.1. The number of guanidine groups is 1. The Hall–Kier alpha value is -1.54. The van der Waals surface area contributed by atoms with E-state index in [1.165, 1.54) is 29.5 Å². The fourth-order valence-corrected chi connectivity index (χ4v) is 3.55. The number of rotatable bonds is 8. The van der Waals surface area contributed by atoms with Crippen molar-refractivity contribution in [2.24, 2.45) is 12.0 Å². The minimum Gasteiger partial charge on any atom is -0.373 e. The summed E-state index contributed by atoms with van der Waals surface area (Å²) < 4.78 is 8.23. The van der Waals surface area contributed by atoms with E-state index in [1.54, 1.807) is 0 Å². The zero-order valence-corrected chi connectivity index (χ0v) is 19.3. The summed E-state index contributed by atoms with van der Waals surface area (Å²) in [6.07, 6.45) is 8.91. The summed E-state index contributed by atoms with van der Waals surface area (Å²) in [6, 6.07) is 10.8.